The lowest BCUT2D eigenvalue weighted by Gasteiger charge is -2.09. The Hall–Kier alpha value is -3.25. The molecule has 154 valence electrons. The highest BCUT2D eigenvalue weighted by atomic mass is 35.5. The maximum absolute atomic E-state index is 6.10. The molecule has 0 saturated heterocycles. The quantitative estimate of drug-likeness (QED) is 0.367. The van der Waals surface area contributed by atoms with Crippen LogP contribution in [0.15, 0.2) is 59.1 Å². The second-order valence-corrected chi connectivity index (χ2v) is 7.22. The number of nitrogens with zero attached hydrogens (tertiary/aromatic N) is 2. The molecule has 0 saturated carbocycles. The van der Waals surface area contributed by atoms with Gasteiger partial charge in [-0.25, -0.2) is 9.97 Å². The van der Waals surface area contributed by atoms with Gasteiger partial charge >= 0.3 is 0 Å². The van der Waals surface area contributed by atoms with Crippen LogP contribution in [-0.2, 0) is 6.42 Å². The molecule has 0 amide bonds. The first kappa shape index (κ1) is 20.0. The fourth-order valence-corrected chi connectivity index (χ4v) is 3.28. The Morgan fingerprint density at radius 2 is 1.83 bits per heavy atom. The molecule has 0 aliphatic heterocycles. The number of imidazole rings is 1. The van der Waals surface area contributed by atoms with E-state index in [9.17, 15) is 0 Å². The minimum Gasteiger partial charge on any atom is -0.493 e. The number of aromatic nitrogens is 3. The van der Waals surface area contributed by atoms with E-state index in [1.165, 1.54) is 0 Å². The van der Waals surface area contributed by atoms with Crippen molar-refractivity contribution in [3.8, 4) is 34.3 Å². The summed E-state index contributed by atoms with van der Waals surface area (Å²) in [5, 5.41) is 0.679. The zero-order valence-electron chi connectivity index (χ0n) is 16.8. The first-order valence-electron chi connectivity index (χ1n) is 9.67. The van der Waals surface area contributed by atoms with Crippen molar-refractivity contribution >= 4 is 11.6 Å². The molecule has 0 radical (unpaired) electrons. The lowest BCUT2D eigenvalue weighted by molar-refractivity contribution is 0.286. The highest BCUT2D eigenvalue weighted by Gasteiger charge is 2.17. The summed E-state index contributed by atoms with van der Waals surface area (Å²) in [5.41, 5.74) is 2.50. The Morgan fingerprint density at radius 3 is 2.53 bits per heavy atom. The van der Waals surface area contributed by atoms with Crippen molar-refractivity contribution in [1.29, 1.82) is 0 Å². The van der Waals surface area contributed by atoms with E-state index in [-0.39, 0.29) is 0 Å². The number of aryl methyl sites for hydroxylation is 2. The predicted molar refractivity (Wildman–Crippen MR) is 116 cm³/mol. The van der Waals surface area contributed by atoms with Crippen LogP contribution in [0.2, 0.25) is 5.02 Å². The lowest BCUT2D eigenvalue weighted by atomic mass is 10.1. The standard InChI is InChI=1S/C23H22ClN3O3/c1-15-25-14-18(26-15)23-27-22(16-9-11-17(24)12-10-16)21(30-23)8-5-13-29-20-7-4-3-6-19(20)28-2/h3-4,6-7,9-12,14H,5,8,13H2,1-2H3,(H,25,26). The molecule has 0 unspecified atom stereocenters. The zero-order valence-corrected chi connectivity index (χ0v) is 17.6. The maximum atomic E-state index is 6.10. The monoisotopic (exact) mass is 423 g/mol. The summed E-state index contributed by atoms with van der Waals surface area (Å²) in [6.45, 7) is 2.42. The first-order chi connectivity index (χ1) is 14.6. The summed E-state index contributed by atoms with van der Waals surface area (Å²) in [6.07, 6.45) is 3.16. The molecule has 0 aliphatic carbocycles. The van der Waals surface area contributed by atoms with E-state index in [1.54, 1.807) is 13.3 Å². The average Bonchev–Trinajstić information content (AvgIpc) is 3.38. The van der Waals surface area contributed by atoms with Crippen molar-refractivity contribution in [2.45, 2.75) is 19.8 Å². The largest absolute Gasteiger partial charge is 0.493 e. The minimum atomic E-state index is 0.515. The number of ether oxygens (including phenoxy) is 2. The SMILES string of the molecule is COc1ccccc1OCCCc1oc(-c2cnc(C)[nH]2)nc1-c1ccc(Cl)cc1. The highest BCUT2D eigenvalue weighted by Crippen LogP contribution is 2.31. The Bertz CT molecular complexity index is 1120. The van der Waals surface area contributed by atoms with Crippen LogP contribution < -0.4 is 9.47 Å². The Labute approximate surface area is 179 Å². The van der Waals surface area contributed by atoms with E-state index < -0.39 is 0 Å². The summed E-state index contributed by atoms with van der Waals surface area (Å²) in [5.74, 6) is 3.56. The first-order valence-corrected chi connectivity index (χ1v) is 10.1. The molecule has 4 aromatic rings. The fraction of sp³-hybridized carbons (Fsp3) is 0.217. The van der Waals surface area contributed by atoms with E-state index in [2.05, 4.69) is 9.97 Å². The summed E-state index contributed by atoms with van der Waals surface area (Å²) in [7, 11) is 1.63. The number of nitrogens with one attached hydrogen (secondary N) is 1. The van der Waals surface area contributed by atoms with Gasteiger partial charge in [-0.1, -0.05) is 35.9 Å². The normalized spacial score (nSPS) is 10.9. The van der Waals surface area contributed by atoms with Gasteiger partial charge < -0.3 is 18.9 Å². The molecule has 7 heteroatoms. The van der Waals surface area contributed by atoms with Crippen molar-refractivity contribution in [2.75, 3.05) is 13.7 Å². The lowest BCUT2D eigenvalue weighted by Crippen LogP contribution is -2.01. The predicted octanol–water partition coefficient (Wildman–Crippen LogP) is 5.71. The molecule has 2 aromatic heterocycles. The second kappa shape index (κ2) is 9.05. The van der Waals surface area contributed by atoms with Crippen molar-refractivity contribution in [3.05, 3.63) is 71.3 Å². The van der Waals surface area contributed by atoms with Crippen LogP contribution >= 0.6 is 11.6 Å². The maximum Gasteiger partial charge on any atom is 0.245 e. The molecule has 30 heavy (non-hydrogen) atoms. The topological polar surface area (TPSA) is 73.2 Å². The third-order valence-electron chi connectivity index (χ3n) is 4.62. The number of hydrogen-bond acceptors (Lipinski definition) is 5. The van der Waals surface area contributed by atoms with Crippen LogP contribution in [0, 0.1) is 6.92 Å². The van der Waals surface area contributed by atoms with Gasteiger partial charge in [-0.2, -0.15) is 0 Å². The fourth-order valence-electron chi connectivity index (χ4n) is 3.15. The number of halogens is 1. The van der Waals surface area contributed by atoms with E-state index in [1.807, 2.05) is 55.5 Å². The van der Waals surface area contributed by atoms with Gasteiger partial charge in [0.2, 0.25) is 5.89 Å². The van der Waals surface area contributed by atoms with Crippen LogP contribution in [0.5, 0.6) is 11.5 Å². The molecule has 0 fully saturated rings. The van der Waals surface area contributed by atoms with Gasteiger partial charge in [0.25, 0.3) is 0 Å². The number of methoxy groups -OCH3 is 1. The molecule has 1 N–H and O–H groups in total. The molecule has 0 spiro atoms. The summed E-state index contributed by atoms with van der Waals surface area (Å²) >= 11 is 6.04. The number of benzene rings is 2. The summed E-state index contributed by atoms with van der Waals surface area (Å²) < 4.78 is 17.3. The molecule has 0 bridgehead atoms. The van der Waals surface area contributed by atoms with E-state index in [0.29, 0.717) is 23.9 Å². The van der Waals surface area contributed by atoms with Gasteiger partial charge in [0, 0.05) is 17.0 Å². The Balaban J connectivity index is 1.52. The summed E-state index contributed by atoms with van der Waals surface area (Å²) in [6, 6.07) is 15.2. The zero-order chi connectivity index (χ0) is 20.9. The Morgan fingerprint density at radius 1 is 1.07 bits per heavy atom. The van der Waals surface area contributed by atoms with Crippen LogP contribution in [0.1, 0.15) is 18.0 Å². The van der Waals surface area contributed by atoms with Crippen LogP contribution in [0.25, 0.3) is 22.8 Å². The number of H-pyrrole nitrogens is 1. The molecular weight excluding hydrogens is 402 g/mol. The molecule has 4 rings (SSSR count). The number of aromatic amines is 1. The molecule has 2 heterocycles. The van der Waals surface area contributed by atoms with Gasteiger partial charge in [0.15, 0.2) is 11.5 Å². The molecule has 2 aromatic carbocycles. The smallest absolute Gasteiger partial charge is 0.245 e. The third-order valence-corrected chi connectivity index (χ3v) is 4.88. The molecule has 0 atom stereocenters. The Kier molecular flexibility index (Phi) is 6.05. The summed E-state index contributed by atoms with van der Waals surface area (Å²) in [4.78, 5) is 12.1. The second-order valence-electron chi connectivity index (χ2n) is 6.78. The molecule has 0 aliphatic rings. The third kappa shape index (κ3) is 4.49. The van der Waals surface area contributed by atoms with Gasteiger partial charge in [-0.15, -0.1) is 0 Å². The number of rotatable bonds is 8. The minimum absolute atomic E-state index is 0.515. The van der Waals surface area contributed by atoms with Crippen LogP contribution in [-0.4, -0.2) is 28.7 Å². The van der Waals surface area contributed by atoms with Gasteiger partial charge in [-0.05, 0) is 37.6 Å². The van der Waals surface area contributed by atoms with Crippen molar-refractivity contribution in [1.82, 2.24) is 15.0 Å². The number of oxazole rings is 1. The van der Waals surface area contributed by atoms with Crippen LogP contribution in [0.3, 0.4) is 0 Å². The molecular formula is C23H22ClN3O3. The highest BCUT2D eigenvalue weighted by molar-refractivity contribution is 6.30. The number of hydrogen-bond donors (Lipinski definition) is 1. The number of para-hydroxylation sites is 2. The van der Waals surface area contributed by atoms with E-state index in [4.69, 9.17) is 30.5 Å². The van der Waals surface area contributed by atoms with E-state index in [0.717, 1.165) is 46.5 Å². The van der Waals surface area contributed by atoms with Gasteiger partial charge in [-0.3, -0.25) is 0 Å². The molecule has 6 nitrogen and oxygen atoms in total. The van der Waals surface area contributed by atoms with Crippen molar-refractivity contribution in [2.24, 2.45) is 0 Å². The average molecular weight is 424 g/mol. The van der Waals surface area contributed by atoms with Crippen molar-refractivity contribution in [3.63, 3.8) is 0 Å². The van der Waals surface area contributed by atoms with Crippen molar-refractivity contribution < 1.29 is 13.9 Å². The van der Waals surface area contributed by atoms with Gasteiger partial charge in [0.1, 0.15) is 23.0 Å². The van der Waals surface area contributed by atoms with Gasteiger partial charge in [0.05, 0.1) is 19.9 Å². The van der Waals surface area contributed by atoms with E-state index >= 15 is 0 Å². The van der Waals surface area contributed by atoms with Crippen LogP contribution in [0.4, 0.5) is 0 Å².